The third kappa shape index (κ3) is 5.71. The van der Waals surface area contributed by atoms with Crippen LogP contribution in [0, 0.1) is 0 Å². The SMILES string of the molecule is CN(C)CCCNCc1cc(Cl)cc(Cl)c1. The number of benzene rings is 1. The van der Waals surface area contributed by atoms with Crippen molar-refractivity contribution in [3.8, 4) is 0 Å². The van der Waals surface area contributed by atoms with Gasteiger partial charge >= 0.3 is 0 Å². The van der Waals surface area contributed by atoms with E-state index in [0.29, 0.717) is 10.0 Å². The van der Waals surface area contributed by atoms with E-state index in [4.69, 9.17) is 23.2 Å². The van der Waals surface area contributed by atoms with Crippen molar-refractivity contribution in [3.63, 3.8) is 0 Å². The fourth-order valence-electron chi connectivity index (χ4n) is 1.47. The number of rotatable bonds is 6. The smallest absolute Gasteiger partial charge is 0.0424 e. The molecule has 0 amide bonds. The third-order valence-corrected chi connectivity index (χ3v) is 2.65. The van der Waals surface area contributed by atoms with Gasteiger partial charge in [-0.3, -0.25) is 0 Å². The first-order valence-electron chi connectivity index (χ1n) is 5.38. The zero-order valence-electron chi connectivity index (χ0n) is 9.76. The molecule has 0 aliphatic heterocycles. The standard InChI is InChI=1S/C12H18Cl2N2/c1-16(2)5-3-4-15-9-10-6-11(13)8-12(14)7-10/h6-8,15H,3-5,9H2,1-2H3. The Labute approximate surface area is 108 Å². The van der Waals surface area contributed by atoms with Gasteiger partial charge < -0.3 is 10.2 Å². The molecular weight excluding hydrogens is 243 g/mol. The second-order valence-corrected chi connectivity index (χ2v) is 4.98. The predicted octanol–water partition coefficient (Wildman–Crippen LogP) is 3.03. The first kappa shape index (κ1) is 13.8. The summed E-state index contributed by atoms with van der Waals surface area (Å²) in [5, 5.41) is 4.75. The van der Waals surface area contributed by atoms with E-state index in [0.717, 1.165) is 31.6 Å². The number of halogens is 2. The second kappa shape index (κ2) is 7.13. The van der Waals surface area contributed by atoms with E-state index in [9.17, 15) is 0 Å². The highest BCUT2D eigenvalue weighted by molar-refractivity contribution is 6.34. The molecule has 0 saturated carbocycles. The molecule has 0 radical (unpaired) electrons. The van der Waals surface area contributed by atoms with Crippen molar-refractivity contribution in [2.24, 2.45) is 0 Å². The molecule has 0 unspecified atom stereocenters. The zero-order valence-corrected chi connectivity index (χ0v) is 11.3. The summed E-state index contributed by atoms with van der Waals surface area (Å²) in [6.07, 6.45) is 1.14. The molecule has 0 spiro atoms. The molecule has 0 saturated heterocycles. The van der Waals surface area contributed by atoms with E-state index in [2.05, 4.69) is 24.3 Å². The first-order chi connectivity index (χ1) is 7.58. The maximum Gasteiger partial charge on any atom is 0.0424 e. The molecule has 1 aromatic rings. The van der Waals surface area contributed by atoms with Gasteiger partial charge in [-0.2, -0.15) is 0 Å². The van der Waals surface area contributed by atoms with E-state index < -0.39 is 0 Å². The van der Waals surface area contributed by atoms with Crippen molar-refractivity contribution in [1.29, 1.82) is 0 Å². The highest BCUT2D eigenvalue weighted by Crippen LogP contribution is 2.18. The van der Waals surface area contributed by atoms with E-state index in [1.54, 1.807) is 6.07 Å². The number of hydrogen-bond donors (Lipinski definition) is 1. The monoisotopic (exact) mass is 260 g/mol. The molecule has 0 bridgehead atoms. The van der Waals surface area contributed by atoms with Gasteiger partial charge in [0.15, 0.2) is 0 Å². The Bertz CT molecular complexity index is 307. The number of nitrogens with zero attached hydrogens (tertiary/aromatic N) is 1. The Morgan fingerprint density at radius 2 is 1.75 bits per heavy atom. The van der Waals surface area contributed by atoms with Crippen molar-refractivity contribution < 1.29 is 0 Å². The van der Waals surface area contributed by atoms with Gasteiger partial charge in [-0.15, -0.1) is 0 Å². The van der Waals surface area contributed by atoms with Gasteiger partial charge in [0.05, 0.1) is 0 Å². The summed E-state index contributed by atoms with van der Waals surface area (Å²) in [4.78, 5) is 2.18. The van der Waals surface area contributed by atoms with E-state index in [-0.39, 0.29) is 0 Å². The summed E-state index contributed by atoms with van der Waals surface area (Å²) < 4.78 is 0. The number of hydrogen-bond acceptors (Lipinski definition) is 2. The summed E-state index contributed by atoms with van der Waals surface area (Å²) in [7, 11) is 4.16. The van der Waals surface area contributed by atoms with Crippen LogP contribution in [0.15, 0.2) is 18.2 Å². The van der Waals surface area contributed by atoms with Crippen LogP contribution in [-0.4, -0.2) is 32.1 Å². The molecule has 0 aromatic heterocycles. The highest BCUT2D eigenvalue weighted by Gasteiger charge is 1.98. The van der Waals surface area contributed by atoms with Crippen LogP contribution in [-0.2, 0) is 6.54 Å². The molecule has 4 heteroatoms. The van der Waals surface area contributed by atoms with Crippen molar-refractivity contribution in [3.05, 3.63) is 33.8 Å². The Morgan fingerprint density at radius 3 is 2.31 bits per heavy atom. The lowest BCUT2D eigenvalue weighted by atomic mass is 10.2. The van der Waals surface area contributed by atoms with Crippen molar-refractivity contribution in [1.82, 2.24) is 10.2 Å². The van der Waals surface area contributed by atoms with Crippen LogP contribution in [0.1, 0.15) is 12.0 Å². The Hall–Kier alpha value is -0.280. The molecule has 90 valence electrons. The lowest BCUT2D eigenvalue weighted by Gasteiger charge is -2.10. The summed E-state index contributed by atoms with van der Waals surface area (Å²) in [6.45, 7) is 2.92. The van der Waals surface area contributed by atoms with Gasteiger partial charge in [0.25, 0.3) is 0 Å². The molecule has 0 atom stereocenters. The van der Waals surface area contributed by atoms with E-state index in [1.165, 1.54) is 0 Å². The molecule has 1 aromatic carbocycles. The van der Waals surface area contributed by atoms with E-state index in [1.807, 2.05) is 12.1 Å². The van der Waals surface area contributed by atoms with Gasteiger partial charge in [0, 0.05) is 16.6 Å². The summed E-state index contributed by atoms with van der Waals surface area (Å²) >= 11 is 11.8. The second-order valence-electron chi connectivity index (χ2n) is 4.11. The average molecular weight is 261 g/mol. The summed E-state index contributed by atoms with van der Waals surface area (Å²) in [5.74, 6) is 0. The van der Waals surface area contributed by atoms with Crippen molar-refractivity contribution >= 4 is 23.2 Å². The summed E-state index contributed by atoms with van der Waals surface area (Å²) in [6, 6.07) is 5.62. The van der Waals surface area contributed by atoms with Crippen LogP contribution in [0.25, 0.3) is 0 Å². The molecule has 0 fully saturated rings. The Balaban J connectivity index is 2.26. The topological polar surface area (TPSA) is 15.3 Å². The van der Waals surface area contributed by atoms with Crippen LogP contribution >= 0.6 is 23.2 Å². The van der Waals surface area contributed by atoms with Gasteiger partial charge in [0.1, 0.15) is 0 Å². The molecule has 0 aliphatic carbocycles. The molecule has 0 heterocycles. The normalized spacial score (nSPS) is 11.1. The lowest BCUT2D eigenvalue weighted by molar-refractivity contribution is 0.394. The minimum atomic E-state index is 0.692. The van der Waals surface area contributed by atoms with Crippen LogP contribution in [0.2, 0.25) is 10.0 Å². The van der Waals surface area contributed by atoms with Crippen molar-refractivity contribution in [2.75, 3.05) is 27.2 Å². The minimum absolute atomic E-state index is 0.692. The number of nitrogens with one attached hydrogen (secondary N) is 1. The summed E-state index contributed by atoms with van der Waals surface area (Å²) in [5.41, 5.74) is 1.13. The van der Waals surface area contributed by atoms with Gasteiger partial charge in [-0.1, -0.05) is 23.2 Å². The van der Waals surface area contributed by atoms with Crippen LogP contribution < -0.4 is 5.32 Å². The fraction of sp³-hybridized carbons (Fsp3) is 0.500. The largest absolute Gasteiger partial charge is 0.313 e. The van der Waals surface area contributed by atoms with Crippen molar-refractivity contribution in [2.45, 2.75) is 13.0 Å². The van der Waals surface area contributed by atoms with Crippen LogP contribution in [0.3, 0.4) is 0 Å². The van der Waals surface area contributed by atoms with Gasteiger partial charge in [0.2, 0.25) is 0 Å². The molecular formula is C12H18Cl2N2. The third-order valence-electron chi connectivity index (χ3n) is 2.21. The first-order valence-corrected chi connectivity index (χ1v) is 6.14. The van der Waals surface area contributed by atoms with Gasteiger partial charge in [-0.05, 0) is 57.4 Å². The molecule has 1 rings (SSSR count). The minimum Gasteiger partial charge on any atom is -0.313 e. The van der Waals surface area contributed by atoms with Crippen LogP contribution in [0.4, 0.5) is 0 Å². The maximum absolute atomic E-state index is 5.91. The van der Waals surface area contributed by atoms with E-state index >= 15 is 0 Å². The molecule has 2 nitrogen and oxygen atoms in total. The lowest BCUT2D eigenvalue weighted by Crippen LogP contribution is -2.20. The Morgan fingerprint density at radius 1 is 1.12 bits per heavy atom. The predicted molar refractivity (Wildman–Crippen MR) is 71.3 cm³/mol. The fourth-order valence-corrected chi connectivity index (χ4v) is 2.04. The Kier molecular flexibility index (Phi) is 6.14. The van der Waals surface area contributed by atoms with Gasteiger partial charge in [-0.25, -0.2) is 0 Å². The molecule has 1 N–H and O–H groups in total. The zero-order chi connectivity index (χ0) is 12.0. The molecule has 16 heavy (non-hydrogen) atoms. The van der Waals surface area contributed by atoms with Crippen LogP contribution in [0.5, 0.6) is 0 Å². The quantitative estimate of drug-likeness (QED) is 0.792. The molecule has 0 aliphatic rings. The highest BCUT2D eigenvalue weighted by atomic mass is 35.5. The maximum atomic E-state index is 5.91. The average Bonchev–Trinajstić information content (AvgIpc) is 2.15.